The van der Waals surface area contributed by atoms with E-state index < -0.39 is 0 Å². The van der Waals surface area contributed by atoms with Gasteiger partial charge in [-0.05, 0) is 31.9 Å². The molecule has 0 saturated carbocycles. The number of aromatic nitrogens is 2. The maximum atomic E-state index is 12.0. The Morgan fingerprint density at radius 3 is 2.70 bits per heavy atom. The number of carbonyl (C=O) groups excluding carboxylic acids is 1. The zero-order valence-electron chi connectivity index (χ0n) is 13.4. The Hall–Kier alpha value is -1.86. The van der Waals surface area contributed by atoms with E-state index in [0.717, 1.165) is 27.0 Å². The van der Waals surface area contributed by atoms with Crippen LogP contribution in [-0.2, 0) is 4.79 Å². The van der Waals surface area contributed by atoms with Gasteiger partial charge < -0.3 is 4.74 Å². The van der Waals surface area contributed by atoms with Crippen molar-refractivity contribution < 1.29 is 9.53 Å². The van der Waals surface area contributed by atoms with Crippen LogP contribution in [0.1, 0.15) is 16.7 Å². The highest BCUT2D eigenvalue weighted by molar-refractivity contribution is 8.01. The van der Waals surface area contributed by atoms with Crippen molar-refractivity contribution >= 4 is 34.1 Å². The molecule has 0 spiro atoms. The van der Waals surface area contributed by atoms with Gasteiger partial charge in [0, 0.05) is 5.75 Å². The molecule has 0 unspecified atom stereocenters. The molecule has 2 aromatic rings. The number of amides is 1. The Morgan fingerprint density at radius 2 is 2.04 bits per heavy atom. The molecule has 1 heterocycles. The zero-order chi connectivity index (χ0) is 16.8. The fraction of sp³-hybridized carbons (Fsp3) is 0.312. The molecule has 122 valence electrons. The first-order valence-electron chi connectivity index (χ1n) is 7.07. The molecule has 0 atom stereocenters. The van der Waals surface area contributed by atoms with Gasteiger partial charge in [0.15, 0.2) is 10.9 Å². The van der Waals surface area contributed by atoms with Crippen LogP contribution < -0.4 is 10.1 Å². The highest BCUT2D eigenvalue weighted by atomic mass is 32.2. The van der Waals surface area contributed by atoms with Crippen molar-refractivity contribution in [3.05, 3.63) is 41.5 Å². The Balaban J connectivity index is 1.90. The minimum Gasteiger partial charge on any atom is -0.483 e. The van der Waals surface area contributed by atoms with Crippen LogP contribution in [0.4, 0.5) is 5.13 Å². The zero-order valence-corrected chi connectivity index (χ0v) is 15.0. The van der Waals surface area contributed by atoms with Crippen molar-refractivity contribution in [3.63, 3.8) is 0 Å². The summed E-state index contributed by atoms with van der Waals surface area (Å²) in [5.41, 5.74) is 3.22. The minimum absolute atomic E-state index is 0.0561. The average molecular weight is 349 g/mol. The number of hydrogen-bond donors (Lipinski definition) is 1. The number of nitrogens with zero attached hydrogens (tertiary/aromatic N) is 2. The minimum atomic E-state index is -0.249. The first kappa shape index (κ1) is 17.5. The van der Waals surface area contributed by atoms with E-state index in [4.69, 9.17) is 4.74 Å². The van der Waals surface area contributed by atoms with Crippen LogP contribution in [0.2, 0.25) is 0 Å². The maximum Gasteiger partial charge on any atom is 0.264 e. The first-order chi connectivity index (χ1) is 11.0. The van der Waals surface area contributed by atoms with Crippen LogP contribution in [0.3, 0.4) is 0 Å². The largest absolute Gasteiger partial charge is 0.483 e. The number of anilines is 1. The predicted octanol–water partition coefficient (Wildman–Crippen LogP) is 3.76. The van der Waals surface area contributed by atoms with Gasteiger partial charge in [0.25, 0.3) is 5.91 Å². The lowest BCUT2D eigenvalue weighted by Crippen LogP contribution is -2.20. The Labute approximate surface area is 144 Å². The van der Waals surface area contributed by atoms with E-state index in [0.29, 0.717) is 5.13 Å². The Morgan fingerprint density at radius 1 is 1.35 bits per heavy atom. The molecule has 0 aliphatic carbocycles. The quantitative estimate of drug-likeness (QED) is 0.468. The molecule has 0 saturated heterocycles. The summed E-state index contributed by atoms with van der Waals surface area (Å²) in [6, 6.07) is 4.07. The Bertz CT molecular complexity index is 690. The van der Waals surface area contributed by atoms with Gasteiger partial charge in [-0.15, -0.1) is 16.8 Å². The second-order valence-electron chi connectivity index (χ2n) is 5.04. The summed E-state index contributed by atoms with van der Waals surface area (Å²) in [4.78, 5) is 12.0. The van der Waals surface area contributed by atoms with Gasteiger partial charge in [0.2, 0.25) is 5.13 Å². The highest BCUT2D eigenvalue weighted by Gasteiger charge is 2.11. The summed E-state index contributed by atoms with van der Waals surface area (Å²) in [5.74, 6) is 1.27. The van der Waals surface area contributed by atoms with Gasteiger partial charge in [-0.2, -0.15) is 0 Å². The molecule has 23 heavy (non-hydrogen) atoms. The second kappa shape index (κ2) is 8.12. The van der Waals surface area contributed by atoms with Crippen LogP contribution in [0.5, 0.6) is 5.75 Å². The van der Waals surface area contributed by atoms with Gasteiger partial charge in [-0.25, -0.2) is 0 Å². The third kappa shape index (κ3) is 5.07. The van der Waals surface area contributed by atoms with E-state index in [1.54, 1.807) is 6.08 Å². The molecule has 2 rings (SSSR count). The monoisotopic (exact) mass is 349 g/mol. The molecule has 5 nitrogen and oxygen atoms in total. The van der Waals surface area contributed by atoms with Crippen molar-refractivity contribution in [2.24, 2.45) is 0 Å². The fourth-order valence-corrected chi connectivity index (χ4v) is 3.67. The number of thioether (sulfide) groups is 1. The third-order valence-corrected chi connectivity index (χ3v) is 4.90. The summed E-state index contributed by atoms with van der Waals surface area (Å²) in [6.07, 6.45) is 1.80. The molecule has 0 aliphatic rings. The van der Waals surface area contributed by atoms with Gasteiger partial charge in [0.1, 0.15) is 5.75 Å². The van der Waals surface area contributed by atoms with Crippen LogP contribution in [-0.4, -0.2) is 28.5 Å². The van der Waals surface area contributed by atoms with E-state index in [9.17, 15) is 4.79 Å². The Kier molecular flexibility index (Phi) is 6.18. The molecule has 0 radical (unpaired) electrons. The van der Waals surface area contributed by atoms with Gasteiger partial charge in [-0.1, -0.05) is 46.9 Å². The number of nitrogens with one attached hydrogen (secondary N) is 1. The van der Waals surface area contributed by atoms with Crippen molar-refractivity contribution in [3.8, 4) is 5.75 Å². The molecular formula is C16H19N3O2S2. The molecule has 1 aromatic heterocycles. The average Bonchev–Trinajstić information content (AvgIpc) is 2.91. The van der Waals surface area contributed by atoms with Crippen LogP contribution in [0, 0.1) is 20.8 Å². The summed E-state index contributed by atoms with van der Waals surface area (Å²) in [7, 11) is 0. The molecule has 0 aliphatic heterocycles. The van der Waals surface area contributed by atoms with Gasteiger partial charge >= 0.3 is 0 Å². The molecule has 1 N–H and O–H groups in total. The molecule has 1 aromatic carbocycles. The fourth-order valence-electron chi connectivity index (χ4n) is 2.14. The van der Waals surface area contributed by atoms with Crippen LogP contribution in [0.15, 0.2) is 29.1 Å². The van der Waals surface area contributed by atoms with Gasteiger partial charge in [0.05, 0.1) is 0 Å². The summed E-state index contributed by atoms with van der Waals surface area (Å²) in [5, 5.41) is 11.1. The van der Waals surface area contributed by atoms with E-state index in [1.807, 2.05) is 32.9 Å². The lowest BCUT2D eigenvalue weighted by Gasteiger charge is -2.12. The molecule has 0 fully saturated rings. The number of aryl methyl sites for hydroxylation is 3. The van der Waals surface area contributed by atoms with Crippen molar-refractivity contribution in [1.29, 1.82) is 0 Å². The van der Waals surface area contributed by atoms with Crippen molar-refractivity contribution in [1.82, 2.24) is 10.2 Å². The van der Waals surface area contributed by atoms with Crippen molar-refractivity contribution in [2.45, 2.75) is 25.1 Å². The lowest BCUT2D eigenvalue weighted by atomic mass is 10.1. The molecule has 1 amide bonds. The predicted molar refractivity (Wildman–Crippen MR) is 95.6 cm³/mol. The summed E-state index contributed by atoms with van der Waals surface area (Å²) < 4.78 is 6.45. The SMILES string of the molecule is C=CCSc1nnc(NC(=O)COc2c(C)cc(C)cc2C)s1. The van der Waals surface area contributed by atoms with Crippen LogP contribution in [0.25, 0.3) is 0 Å². The maximum absolute atomic E-state index is 12.0. The number of carbonyl (C=O) groups is 1. The molecule has 7 heteroatoms. The van der Waals surface area contributed by atoms with Gasteiger partial charge in [-0.3, -0.25) is 10.1 Å². The van der Waals surface area contributed by atoms with Crippen LogP contribution >= 0.6 is 23.1 Å². The van der Waals surface area contributed by atoms with E-state index in [-0.39, 0.29) is 12.5 Å². The normalized spacial score (nSPS) is 10.4. The number of hydrogen-bond acceptors (Lipinski definition) is 6. The molecule has 0 bridgehead atoms. The van der Waals surface area contributed by atoms with E-state index >= 15 is 0 Å². The highest BCUT2D eigenvalue weighted by Crippen LogP contribution is 2.26. The third-order valence-electron chi connectivity index (χ3n) is 2.93. The summed E-state index contributed by atoms with van der Waals surface area (Å²) >= 11 is 2.86. The van der Waals surface area contributed by atoms with E-state index in [2.05, 4.69) is 22.1 Å². The second-order valence-corrected chi connectivity index (χ2v) is 7.28. The van der Waals surface area contributed by atoms with E-state index in [1.165, 1.54) is 28.7 Å². The number of benzene rings is 1. The topological polar surface area (TPSA) is 64.1 Å². The summed E-state index contributed by atoms with van der Waals surface area (Å²) in [6.45, 7) is 9.58. The first-order valence-corrected chi connectivity index (χ1v) is 8.87. The standard InChI is InChI=1S/C16H19N3O2S2/c1-5-6-22-16-19-18-15(23-16)17-13(20)9-21-14-11(3)7-10(2)8-12(14)4/h5,7-8H,1,6,9H2,2-4H3,(H,17,18,20). The lowest BCUT2D eigenvalue weighted by molar-refractivity contribution is -0.118. The van der Waals surface area contributed by atoms with Crippen molar-refractivity contribution in [2.75, 3.05) is 17.7 Å². The smallest absolute Gasteiger partial charge is 0.264 e. The number of ether oxygens (including phenoxy) is 1. The molecular weight excluding hydrogens is 330 g/mol. The number of rotatable bonds is 7.